The SMILES string of the molecule is CC(=O)N1CC(Oc2ccc3oc(-c4cc5sccc5cn4)c/c(=N\O)c3c2)C1. The number of pyridine rings is 1. The first-order chi connectivity index (χ1) is 14.1. The Morgan fingerprint density at radius 3 is 2.97 bits per heavy atom. The lowest BCUT2D eigenvalue weighted by atomic mass is 10.1. The molecule has 1 N–H and O–H groups in total. The molecule has 0 saturated carbocycles. The van der Waals surface area contributed by atoms with Crippen LogP contribution in [-0.2, 0) is 4.79 Å². The predicted molar refractivity (Wildman–Crippen MR) is 109 cm³/mol. The van der Waals surface area contributed by atoms with E-state index in [4.69, 9.17) is 9.15 Å². The van der Waals surface area contributed by atoms with Gasteiger partial charge in [0, 0.05) is 29.3 Å². The number of nitrogens with zero attached hydrogens (tertiary/aromatic N) is 3. The number of rotatable bonds is 3. The lowest BCUT2D eigenvalue weighted by Crippen LogP contribution is -2.55. The van der Waals surface area contributed by atoms with Crippen molar-refractivity contribution < 1.29 is 19.2 Å². The molecule has 4 aromatic rings. The van der Waals surface area contributed by atoms with Gasteiger partial charge in [-0.2, -0.15) is 0 Å². The summed E-state index contributed by atoms with van der Waals surface area (Å²) in [5.74, 6) is 1.20. The Morgan fingerprint density at radius 1 is 1.31 bits per heavy atom. The fourth-order valence-electron chi connectivity index (χ4n) is 3.38. The van der Waals surface area contributed by atoms with Crippen LogP contribution in [-0.4, -0.2) is 40.2 Å². The molecule has 0 radical (unpaired) electrons. The zero-order chi connectivity index (χ0) is 20.0. The van der Waals surface area contributed by atoms with Crippen molar-refractivity contribution in [1.29, 1.82) is 0 Å². The maximum atomic E-state index is 11.3. The van der Waals surface area contributed by atoms with E-state index < -0.39 is 0 Å². The van der Waals surface area contributed by atoms with E-state index in [9.17, 15) is 10.0 Å². The molecule has 4 heterocycles. The minimum atomic E-state index is -0.0381. The first kappa shape index (κ1) is 17.7. The zero-order valence-electron chi connectivity index (χ0n) is 15.5. The van der Waals surface area contributed by atoms with Gasteiger partial charge in [0.15, 0.2) is 5.76 Å². The van der Waals surface area contributed by atoms with Crippen LogP contribution in [0.25, 0.3) is 32.5 Å². The molecule has 0 atom stereocenters. The minimum absolute atomic E-state index is 0.0381. The summed E-state index contributed by atoms with van der Waals surface area (Å²) in [6.45, 7) is 2.70. The van der Waals surface area contributed by atoms with Crippen LogP contribution >= 0.6 is 11.3 Å². The molecular weight excluding hydrogens is 390 g/mol. The molecule has 0 spiro atoms. The second kappa shape index (κ2) is 6.89. The highest BCUT2D eigenvalue weighted by Crippen LogP contribution is 2.28. The van der Waals surface area contributed by atoms with Crippen LogP contribution in [0.15, 0.2) is 57.5 Å². The molecule has 1 amide bonds. The maximum Gasteiger partial charge on any atom is 0.219 e. The Kier molecular flexibility index (Phi) is 4.21. The van der Waals surface area contributed by atoms with Crippen LogP contribution in [0.4, 0.5) is 0 Å². The third kappa shape index (κ3) is 3.21. The quantitative estimate of drug-likeness (QED) is 0.414. The number of amides is 1. The van der Waals surface area contributed by atoms with Gasteiger partial charge in [-0.1, -0.05) is 5.16 Å². The van der Waals surface area contributed by atoms with Crippen LogP contribution in [0.3, 0.4) is 0 Å². The molecule has 146 valence electrons. The van der Waals surface area contributed by atoms with E-state index in [-0.39, 0.29) is 12.0 Å². The van der Waals surface area contributed by atoms with E-state index in [0.717, 1.165) is 10.1 Å². The number of thiophene rings is 1. The summed E-state index contributed by atoms with van der Waals surface area (Å²) in [4.78, 5) is 17.5. The predicted octanol–water partition coefficient (Wildman–Crippen LogP) is 3.61. The summed E-state index contributed by atoms with van der Waals surface area (Å²) in [6.07, 6.45) is 1.76. The Morgan fingerprint density at radius 2 is 2.17 bits per heavy atom. The molecular formula is C21H17N3O4S. The standard InChI is InChI=1S/C21H17N3O4S/c1-12(25)24-10-15(11-24)27-14-2-3-19-16(6-14)17(23-26)7-20(28-19)18-8-21-13(9-22-18)4-5-29-21/h2-9,15,26H,10-11H2,1H3/b23-17+. The number of carbonyl (C=O) groups excluding carboxylic acids is 1. The van der Waals surface area contributed by atoms with Crippen LogP contribution in [0.5, 0.6) is 5.75 Å². The van der Waals surface area contributed by atoms with Crippen molar-refractivity contribution in [2.45, 2.75) is 13.0 Å². The average molecular weight is 407 g/mol. The highest BCUT2D eigenvalue weighted by molar-refractivity contribution is 7.17. The Balaban J connectivity index is 1.49. The van der Waals surface area contributed by atoms with E-state index >= 15 is 0 Å². The van der Waals surface area contributed by atoms with E-state index in [1.807, 2.05) is 23.6 Å². The third-order valence-corrected chi connectivity index (χ3v) is 5.89. The van der Waals surface area contributed by atoms with Crippen molar-refractivity contribution in [1.82, 2.24) is 9.88 Å². The van der Waals surface area contributed by atoms with Gasteiger partial charge in [0.1, 0.15) is 28.5 Å². The number of ether oxygens (including phenoxy) is 1. The van der Waals surface area contributed by atoms with Gasteiger partial charge in [0.05, 0.1) is 18.5 Å². The lowest BCUT2D eigenvalue weighted by Gasteiger charge is -2.38. The van der Waals surface area contributed by atoms with Crippen molar-refractivity contribution in [2.75, 3.05) is 13.1 Å². The molecule has 7 nitrogen and oxygen atoms in total. The topological polar surface area (TPSA) is 88.2 Å². The number of hydrogen-bond donors (Lipinski definition) is 1. The van der Waals surface area contributed by atoms with Gasteiger partial charge in [-0.15, -0.1) is 11.3 Å². The first-order valence-electron chi connectivity index (χ1n) is 9.12. The molecule has 1 aromatic carbocycles. The maximum absolute atomic E-state index is 11.3. The number of likely N-dealkylation sites (tertiary alicyclic amines) is 1. The van der Waals surface area contributed by atoms with Crippen LogP contribution in [0.1, 0.15) is 6.92 Å². The normalized spacial score (nSPS) is 15.1. The average Bonchev–Trinajstić information content (AvgIpc) is 3.17. The van der Waals surface area contributed by atoms with Gasteiger partial charge in [-0.25, -0.2) is 0 Å². The van der Waals surface area contributed by atoms with Gasteiger partial charge in [0.2, 0.25) is 5.91 Å². The zero-order valence-corrected chi connectivity index (χ0v) is 16.3. The molecule has 1 aliphatic heterocycles. The Hall–Kier alpha value is -3.39. The molecule has 5 rings (SSSR count). The second-order valence-electron chi connectivity index (χ2n) is 6.95. The molecule has 29 heavy (non-hydrogen) atoms. The number of fused-ring (bicyclic) bond motifs is 2. The van der Waals surface area contributed by atoms with Crippen molar-refractivity contribution in [3.05, 3.63) is 53.3 Å². The lowest BCUT2D eigenvalue weighted by molar-refractivity contribution is -0.137. The molecule has 0 bridgehead atoms. The fourth-order valence-corrected chi connectivity index (χ4v) is 4.18. The summed E-state index contributed by atoms with van der Waals surface area (Å²) >= 11 is 1.63. The minimum Gasteiger partial charge on any atom is -0.487 e. The third-order valence-electron chi connectivity index (χ3n) is 5.01. The van der Waals surface area contributed by atoms with Crippen molar-refractivity contribution in [2.24, 2.45) is 5.16 Å². The Labute approximate surface area is 169 Å². The molecule has 0 unspecified atom stereocenters. The fraction of sp³-hybridized carbons (Fsp3) is 0.190. The Bertz CT molecular complexity index is 1300. The molecule has 0 aliphatic carbocycles. The summed E-state index contributed by atoms with van der Waals surface area (Å²) in [5, 5.41) is 17.1. The van der Waals surface area contributed by atoms with Gasteiger partial charge in [0.25, 0.3) is 0 Å². The number of hydrogen-bond acceptors (Lipinski definition) is 7. The summed E-state index contributed by atoms with van der Waals surface area (Å²) in [6, 6.07) is 11.0. The van der Waals surface area contributed by atoms with Crippen molar-refractivity contribution in [3.8, 4) is 17.2 Å². The largest absolute Gasteiger partial charge is 0.487 e. The van der Waals surface area contributed by atoms with E-state index in [1.54, 1.807) is 47.6 Å². The summed E-state index contributed by atoms with van der Waals surface area (Å²) in [7, 11) is 0. The highest BCUT2D eigenvalue weighted by Gasteiger charge is 2.30. The number of carbonyl (C=O) groups is 1. The van der Waals surface area contributed by atoms with Gasteiger partial charge < -0.3 is 19.3 Å². The molecule has 1 fully saturated rings. The molecule has 1 aliphatic rings. The van der Waals surface area contributed by atoms with Crippen molar-refractivity contribution in [3.63, 3.8) is 0 Å². The number of aromatic nitrogens is 1. The molecule has 3 aromatic heterocycles. The molecule has 1 saturated heterocycles. The van der Waals surface area contributed by atoms with E-state index in [1.165, 1.54) is 0 Å². The monoisotopic (exact) mass is 407 g/mol. The smallest absolute Gasteiger partial charge is 0.219 e. The highest BCUT2D eigenvalue weighted by atomic mass is 32.1. The van der Waals surface area contributed by atoms with E-state index in [2.05, 4.69) is 10.1 Å². The molecule has 8 heteroatoms. The summed E-state index contributed by atoms with van der Waals surface area (Å²) < 4.78 is 13.1. The first-order valence-corrected chi connectivity index (χ1v) is 10.0. The van der Waals surface area contributed by atoms with Gasteiger partial charge in [-0.05, 0) is 35.7 Å². The van der Waals surface area contributed by atoms with Gasteiger partial charge in [-0.3, -0.25) is 9.78 Å². The van der Waals surface area contributed by atoms with Gasteiger partial charge >= 0.3 is 0 Å². The van der Waals surface area contributed by atoms with Crippen molar-refractivity contribution >= 4 is 38.3 Å². The summed E-state index contributed by atoms with van der Waals surface area (Å²) in [5.41, 5.74) is 1.24. The number of benzene rings is 1. The van der Waals surface area contributed by atoms with Crippen LogP contribution in [0, 0.1) is 0 Å². The van der Waals surface area contributed by atoms with Crippen LogP contribution in [0.2, 0.25) is 0 Å². The van der Waals surface area contributed by atoms with Crippen LogP contribution < -0.4 is 10.1 Å². The second-order valence-corrected chi connectivity index (χ2v) is 7.89. The van der Waals surface area contributed by atoms with E-state index in [0.29, 0.717) is 46.6 Å².